The lowest BCUT2D eigenvalue weighted by molar-refractivity contribution is 0.102. The highest BCUT2D eigenvalue weighted by atomic mass is 32.1. The van der Waals surface area contributed by atoms with Crippen LogP contribution in [0.5, 0.6) is 0 Å². The van der Waals surface area contributed by atoms with Crippen LogP contribution in [0.2, 0.25) is 0 Å². The Morgan fingerprint density at radius 1 is 1.44 bits per heavy atom. The van der Waals surface area contributed by atoms with E-state index in [-0.39, 0.29) is 11.3 Å². The van der Waals surface area contributed by atoms with E-state index in [2.05, 4.69) is 25.7 Å². The summed E-state index contributed by atoms with van der Waals surface area (Å²) in [6.45, 7) is 1.78. The lowest BCUT2D eigenvalue weighted by Gasteiger charge is -1.98. The molecule has 1 amide bonds. The third-order valence-corrected chi connectivity index (χ3v) is 2.41. The van der Waals surface area contributed by atoms with Gasteiger partial charge < -0.3 is 0 Å². The van der Waals surface area contributed by atoms with Crippen LogP contribution in [-0.4, -0.2) is 26.3 Å². The number of hydrogen-bond acceptors (Lipinski definition) is 6. The van der Waals surface area contributed by atoms with Crippen molar-refractivity contribution in [1.82, 2.24) is 20.4 Å². The summed E-state index contributed by atoms with van der Waals surface area (Å²) in [6, 6.07) is 2.56. The molecule has 0 unspecified atom stereocenters. The van der Waals surface area contributed by atoms with Gasteiger partial charge in [0.15, 0.2) is 0 Å². The van der Waals surface area contributed by atoms with Crippen molar-refractivity contribution in [2.75, 3.05) is 5.32 Å². The highest BCUT2D eigenvalue weighted by Crippen LogP contribution is 2.13. The number of anilines is 1. The quantitative estimate of drug-likeness (QED) is 0.776. The highest BCUT2D eigenvalue weighted by Gasteiger charge is 2.10. The van der Waals surface area contributed by atoms with Gasteiger partial charge in [-0.15, -0.1) is 10.2 Å². The van der Waals surface area contributed by atoms with E-state index in [9.17, 15) is 9.59 Å². The summed E-state index contributed by atoms with van der Waals surface area (Å²) < 4.78 is 0. The maximum atomic E-state index is 11.6. The van der Waals surface area contributed by atoms with Gasteiger partial charge in [-0.05, 0) is 13.0 Å². The van der Waals surface area contributed by atoms with Crippen LogP contribution in [-0.2, 0) is 0 Å². The van der Waals surface area contributed by atoms with Crippen molar-refractivity contribution in [2.24, 2.45) is 0 Å². The Labute approximate surface area is 93.5 Å². The van der Waals surface area contributed by atoms with E-state index >= 15 is 0 Å². The number of rotatable bonds is 2. The van der Waals surface area contributed by atoms with Crippen LogP contribution >= 0.6 is 11.3 Å². The Bertz CT molecular complexity index is 555. The summed E-state index contributed by atoms with van der Waals surface area (Å²) in [5, 5.41) is 16.9. The second kappa shape index (κ2) is 4.19. The zero-order valence-corrected chi connectivity index (χ0v) is 9.04. The number of aromatic nitrogens is 4. The Hall–Kier alpha value is -2.09. The summed E-state index contributed by atoms with van der Waals surface area (Å²) >= 11 is 1.26. The second-order valence-electron chi connectivity index (χ2n) is 2.89. The van der Waals surface area contributed by atoms with Gasteiger partial charge in [-0.1, -0.05) is 11.3 Å². The van der Waals surface area contributed by atoms with Crippen LogP contribution in [0, 0.1) is 6.92 Å². The molecule has 0 aromatic carbocycles. The van der Waals surface area contributed by atoms with Gasteiger partial charge >= 0.3 is 0 Å². The lowest BCUT2D eigenvalue weighted by Crippen LogP contribution is -2.17. The van der Waals surface area contributed by atoms with Crippen molar-refractivity contribution in [2.45, 2.75) is 6.92 Å². The average Bonchev–Trinajstić information content (AvgIpc) is 2.65. The number of hydrogen-bond donors (Lipinski definition) is 2. The molecule has 2 N–H and O–H groups in total. The number of nitrogens with zero attached hydrogens (tertiary/aromatic N) is 3. The number of carbonyl (C=O) groups is 1. The molecule has 8 heteroatoms. The van der Waals surface area contributed by atoms with Crippen LogP contribution in [0.25, 0.3) is 0 Å². The minimum absolute atomic E-state index is 0.118. The van der Waals surface area contributed by atoms with Crippen LogP contribution < -0.4 is 10.9 Å². The van der Waals surface area contributed by atoms with Gasteiger partial charge in [0.1, 0.15) is 10.7 Å². The molecule has 2 aromatic heterocycles. The molecule has 2 rings (SSSR count). The SMILES string of the molecule is Cc1nnc(NC(=O)c2ccc(=O)[nH]n2)s1. The summed E-state index contributed by atoms with van der Waals surface area (Å²) in [7, 11) is 0. The van der Waals surface area contributed by atoms with Crippen molar-refractivity contribution in [3.63, 3.8) is 0 Å². The number of carbonyl (C=O) groups excluding carboxylic acids is 1. The molecule has 7 nitrogen and oxygen atoms in total. The van der Waals surface area contributed by atoms with Crippen molar-refractivity contribution < 1.29 is 4.79 Å². The minimum Gasteiger partial charge on any atom is -0.295 e. The summed E-state index contributed by atoms with van der Waals surface area (Å²) in [5.41, 5.74) is -0.240. The predicted octanol–water partition coefficient (Wildman–Crippen LogP) is 0.182. The largest absolute Gasteiger partial charge is 0.295 e. The summed E-state index contributed by atoms with van der Waals surface area (Å²) in [5.74, 6) is -0.438. The van der Waals surface area contributed by atoms with Gasteiger partial charge in [-0.25, -0.2) is 5.10 Å². The molecule has 0 bridgehead atoms. The molecule has 0 aliphatic heterocycles. The Balaban J connectivity index is 2.14. The van der Waals surface area contributed by atoms with Gasteiger partial charge in [0.25, 0.3) is 11.5 Å². The average molecular weight is 237 g/mol. The molecule has 0 saturated heterocycles. The summed E-state index contributed by atoms with van der Waals surface area (Å²) in [4.78, 5) is 22.3. The first-order valence-corrected chi connectivity index (χ1v) is 5.14. The molecule has 0 aliphatic rings. The molecule has 0 aliphatic carbocycles. The predicted molar refractivity (Wildman–Crippen MR) is 57.5 cm³/mol. The molecule has 0 saturated carbocycles. The van der Waals surface area contributed by atoms with Gasteiger partial charge in [0.05, 0.1) is 0 Å². The first-order chi connectivity index (χ1) is 7.65. The van der Waals surface area contributed by atoms with Crippen molar-refractivity contribution >= 4 is 22.4 Å². The number of aromatic amines is 1. The monoisotopic (exact) mass is 237 g/mol. The lowest BCUT2D eigenvalue weighted by atomic mass is 10.4. The molecule has 82 valence electrons. The van der Waals surface area contributed by atoms with Gasteiger partial charge in [-0.2, -0.15) is 5.10 Å². The fraction of sp³-hybridized carbons (Fsp3) is 0.125. The van der Waals surface area contributed by atoms with Crippen molar-refractivity contribution in [3.05, 3.63) is 33.2 Å². The zero-order valence-electron chi connectivity index (χ0n) is 8.22. The molecule has 0 radical (unpaired) electrons. The Kier molecular flexibility index (Phi) is 2.73. The maximum absolute atomic E-state index is 11.6. The smallest absolute Gasteiger partial charge is 0.277 e. The molecule has 2 aromatic rings. The van der Waals surface area contributed by atoms with Crippen LogP contribution in [0.15, 0.2) is 16.9 Å². The Morgan fingerprint density at radius 2 is 2.25 bits per heavy atom. The number of H-pyrrole nitrogens is 1. The van der Waals surface area contributed by atoms with E-state index in [1.807, 2.05) is 0 Å². The third-order valence-electron chi connectivity index (χ3n) is 1.66. The normalized spacial score (nSPS) is 10.1. The first-order valence-electron chi connectivity index (χ1n) is 4.32. The maximum Gasteiger partial charge on any atom is 0.277 e. The van der Waals surface area contributed by atoms with Crippen LogP contribution in [0.1, 0.15) is 15.5 Å². The molecule has 16 heavy (non-hydrogen) atoms. The Morgan fingerprint density at radius 3 is 2.81 bits per heavy atom. The van der Waals surface area contributed by atoms with E-state index in [1.165, 1.54) is 23.5 Å². The second-order valence-corrected chi connectivity index (χ2v) is 4.07. The van der Waals surface area contributed by atoms with E-state index in [0.29, 0.717) is 5.13 Å². The fourth-order valence-corrected chi connectivity index (χ4v) is 1.57. The standard InChI is InChI=1S/C8H7N5O2S/c1-4-10-13-8(16-4)9-7(15)5-2-3-6(14)12-11-5/h2-3H,1H3,(H,12,14)(H,9,13,15). The molecule has 0 fully saturated rings. The first kappa shape index (κ1) is 10.4. The highest BCUT2D eigenvalue weighted by molar-refractivity contribution is 7.15. The van der Waals surface area contributed by atoms with Gasteiger partial charge in [0.2, 0.25) is 5.13 Å². The minimum atomic E-state index is -0.438. The number of aryl methyl sites for hydroxylation is 1. The van der Waals surface area contributed by atoms with E-state index in [1.54, 1.807) is 6.92 Å². The molecule has 0 atom stereocenters. The van der Waals surface area contributed by atoms with Crippen molar-refractivity contribution in [3.8, 4) is 0 Å². The van der Waals surface area contributed by atoms with Crippen molar-refractivity contribution in [1.29, 1.82) is 0 Å². The summed E-state index contributed by atoms with van der Waals surface area (Å²) in [6.07, 6.45) is 0. The van der Waals surface area contributed by atoms with Gasteiger partial charge in [0, 0.05) is 6.07 Å². The molecular weight excluding hydrogens is 230 g/mol. The zero-order chi connectivity index (χ0) is 11.5. The van der Waals surface area contributed by atoms with E-state index in [0.717, 1.165) is 5.01 Å². The topological polar surface area (TPSA) is 101 Å². The van der Waals surface area contributed by atoms with Crippen LogP contribution in [0.4, 0.5) is 5.13 Å². The van der Waals surface area contributed by atoms with Gasteiger partial charge in [-0.3, -0.25) is 14.9 Å². The van der Waals surface area contributed by atoms with E-state index in [4.69, 9.17) is 0 Å². The molecule has 2 heterocycles. The molecule has 0 spiro atoms. The molecular formula is C8H7N5O2S. The van der Waals surface area contributed by atoms with E-state index < -0.39 is 5.91 Å². The van der Waals surface area contributed by atoms with Crippen LogP contribution in [0.3, 0.4) is 0 Å². The fourth-order valence-electron chi connectivity index (χ4n) is 0.979. The number of amides is 1. The third kappa shape index (κ3) is 2.28. The number of nitrogens with one attached hydrogen (secondary N) is 2.